The molecule has 2 fully saturated rings. The Kier molecular flexibility index (Phi) is 2.75. The normalized spacial score (nSPS) is 29.6. The van der Waals surface area contributed by atoms with Crippen LogP contribution in [0.15, 0.2) is 0 Å². The lowest BCUT2D eigenvalue weighted by Gasteiger charge is -2.41. The van der Waals surface area contributed by atoms with E-state index in [0.717, 1.165) is 19.4 Å². The van der Waals surface area contributed by atoms with Gasteiger partial charge in [0, 0.05) is 24.0 Å². The minimum absolute atomic E-state index is 0.0312. The van der Waals surface area contributed by atoms with Gasteiger partial charge in [0.05, 0.1) is 0 Å². The second-order valence-corrected chi connectivity index (χ2v) is 5.80. The van der Waals surface area contributed by atoms with Gasteiger partial charge < -0.3 is 10.6 Å². The third kappa shape index (κ3) is 2.51. The van der Waals surface area contributed by atoms with Crippen LogP contribution in [0, 0.1) is 0 Å². The van der Waals surface area contributed by atoms with E-state index >= 15 is 0 Å². The lowest BCUT2D eigenvalue weighted by atomic mass is 9.78. The number of hydrogen-bond acceptors (Lipinski definition) is 2. The molecule has 1 spiro atoms. The molecule has 0 atom stereocenters. The Morgan fingerprint density at radius 2 is 1.80 bits per heavy atom. The van der Waals surface area contributed by atoms with Crippen LogP contribution in [0.1, 0.15) is 52.4 Å². The molecule has 2 aliphatic rings. The van der Waals surface area contributed by atoms with Gasteiger partial charge in [-0.15, -0.1) is 0 Å². The summed E-state index contributed by atoms with van der Waals surface area (Å²) >= 11 is 0. The second-order valence-electron chi connectivity index (χ2n) is 5.80. The summed E-state index contributed by atoms with van der Waals surface area (Å²) in [6.45, 7) is 5.09. The van der Waals surface area contributed by atoms with E-state index in [2.05, 4.69) is 24.5 Å². The predicted molar refractivity (Wildman–Crippen MR) is 60.7 cm³/mol. The molecule has 2 N–H and O–H groups in total. The summed E-state index contributed by atoms with van der Waals surface area (Å²) in [5.41, 5.74) is 0.117. The van der Waals surface area contributed by atoms with Gasteiger partial charge >= 0.3 is 0 Å². The zero-order chi connectivity index (χ0) is 10.9. The fourth-order valence-corrected chi connectivity index (χ4v) is 3.03. The van der Waals surface area contributed by atoms with Crippen molar-refractivity contribution in [3.8, 4) is 0 Å². The van der Waals surface area contributed by atoms with Crippen molar-refractivity contribution in [2.75, 3.05) is 6.54 Å². The van der Waals surface area contributed by atoms with E-state index in [4.69, 9.17) is 0 Å². The van der Waals surface area contributed by atoms with Crippen molar-refractivity contribution in [2.24, 2.45) is 0 Å². The first-order valence-electron chi connectivity index (χ1n) is 6.08. The molecule has 15 heavy (non-hydrogen) atoms. The maximum absolute atomic E-state index is 11.7. The van der Waals surface area contributed by atoms with E-state index < -0.39 is 0 Å². The van der Waals surface area contributed by atoms with E-state index in [0.29, 0.717) is 6.42 Å². The first-order valence-corrected chi connectivity index (χ1v) is 6.08. The molecule has 1 saturated heterocycles. The summed E-state index contributed by atoms with van der Waals surface area (Å²) in [5, 5.41) is 6.72. The van der Waals surface area contributed by atoms with Crippen LogP contribution in [0.3, 0.4) is 0 Å². The van der Waals surface area contributed by atoms with E-state index in [-0.39, 0.29) is 17.0 Å². The van der Waals surface area contributed by atoms with Crippen molar-refractivity contribution in [3.05, 3.63) is 0 Å². The highest BCUT2D eigenvalue weighted by Gasteiger charge is 2.40. The number of hydrogen-bond donors (Lipinski definition) is 2. The molecule has 1 heterocycles. The van der Waals surface area contributed by atoms with Crippen LogP contribution in [-0.4, -0.2) is 23.5 Å². The van der Waals surface area contributed by atoms with Gasteiger partial charge in [-0.1, -0.05) is 19.3 Å². The molecule has 1 saturated carbocycles. The minimum Gasteiger partial charge on any atom is -0.354 e. The van der Waals surface area contributed by atoms with Crippen molar-refractivity contribution < 1.29 is 4.79 Å². The average molecular weight is 210 g/mol. The maximum Gasteiger partial charge on any atom is 0.221 e. The zero-order valence-electron chi connectivity index (χ0n) is 9.86. The topological polar surface area (TPSA) is 41.1 Å². The van der Waals surface area contributed by atoms with Gasteiger partial charge in [-0.2, -0.15) is 0 Å². The lowest BCUT2D eigenvalue weighted by molar-refractivity contribution is -0.122. The Hall–Kier alpha value is -0.570. The molecule has 0 bridgehead atoms. The van der Waals surface area contributed by atoms with Crippen molar-refractivity contribution in [1.82, 2.24) is 10.6 Å². The predicted octanol–water partition coefficient (Wildman–Crippen LogP) is 1.58. The molecule has 86 valence electrons. The number of amides is 1. The Labute approximate surface area is 92.0 Å². The fourth-order valence-electron chi connectivity index (χ4n) is 3.03. The number of carbonyl (C=O) groups is 1. The number of carbonyl (C=O) groups excluding carboxylic acids is 1. The molecule has 3 heteroatoms. The second kappa shape index (κ2) is 3.78. The molecule has 1 aliphatic heterocycles. The minimum atomic E-state index is 0.0312. The highest BCUT2D eigenvalue weighted by Crippen LogP contribution is 2.33. The quantitative estimate of drug-likeness (QED) is 0.637. The van der Waals surface area contributed by atoms with Crippen molar-refractivity contribution >= 4 is 5.91 Å². The van der Waals surface area contributed by atoms with Crippen LogP contribution < -0.4 is 10.6 Å². The molecule has 0 radical (unpaired) electrons. The van der Waals surface area contributed by atoms with Gasteiger partial charge in [0.15, 0.2) is 0 Å². The molecule has 1 aliphatic carbocycles. The average Bonchev–Trinajstić information content (AvgIpc) is 2.24. The molecule has 3 nitrogen and oxygen atoms in total. The van der Waals surface area contributed by atoms with Gasteiger partial charge in [-0.3, -0.25) is 4.79 Å². The van der Waals surface area contributed by atoms with E-state index in [1.807, 2.05) is 0 Å². The van der Waals surface area contributed by atoms with Gasteiger partial charge in [-0.25, -0.2) is 0 Å². The Balaban J connectivity index is 2.17. The lowest BCUT2D eigenvalue weighted by Crippen LogP contribution is -2.56. The van der Waals surface area contributed by atoms with Gasteiger partial charge in [-0.05, 0) is 26.7 Å². The SMILES string of the molecule is CC1(C)CNC(=O)CC2(CCCCC2)N1. The Morgan fingerprint density at radius 1 is 1.13 bits per heavy atom. The highest BCUT2D eigenvalue weighted by molar-refractivity contribution is 5.77. The molecule has 0 aromatic heterocycles. The van der Waals surface area contributed by atoms with Gasteiger partial charge in [0.25, 0.3) is 0 Å². The standard InChI is InChI=1S/C12H22N2O/c1-11(2)9-13-10(15)8-12(14-11)6-4-3-5-7-12/h14H,3-9H2,1-2H3,(H,13,15). The summed E-state index contributed by atoms with van der Waals surface area (Å²) in [5.74, 6) is 0.218. The number of nitrogens with one attached hydrogen (secondary N) is 2. The van der Waals surface area contributed by atoms with Crippen LogP contribution in [0.2, 0.25) is 0 Å². The Bertz CT molecular complexity index is 254. The third-order valence-electron chi connectivity index (χ3n) is 3.64. The third-order valence-corrected chi connectivity index (χ3v) is 3.64. The molecule has 0 aromatic carbocycles. The van der Waals surface area contributed by atoms with E-state index in [9.17, 15) is 4.79 Å². The zero-order valence-corrected chi connectivity index (χ0v) is 9.86. The summed E-state index contributed by atoms with van der Waals surface area (Å²) in [6, 6.07) is 0. The monoisotopic (exact) mass is 210 g/mol. The first-order chi connectivity index (χ1) is 7.02. The first kappa shape index (κ1) is 10.9. The van der Waals surface area contributed by atoms with Gasteiger partial charge in [0.1, 0.15) is 0 Å². The molecule has 0 unspecified atom stereocenters. The highest BCUT2D eigenvalue weighted by atomic mass is 16.1. The smallest absolute Gasteiger partial charge is 0.221 e. The maximum atomic E-state index is 11.7. The summed E-state index contributed by atoms with van der Waals surface area (Å²) in [4.78, 5) is 11.7. The summed E-state index contributed by atoms with van der Waals surface area (Å²) in [6.07, 6.45) is 6.82. The van der Waals surface area contributed by atoms with Crippen LogP contribution >= 0.6 is 0 Å². The fraction of sp³-hybridized carbons (Fsp3) is 0.917. The largest absolute Gasteiger partial charge is 0.354 e. The van der Waals surface area contributed by atoms with Crippen LogP contribution in [0.25, 0.3) is 0 Å². The van der Waals surface area contributed by atoms with Crippen molar-refractivity contribution in [3.63, 3.8) is 0 Å². The van der Waals surface area contributed by atoms with Crippen molar-refractivity contribution in [2.45, 2.75) is 63.5 Å². The number of rotatable bonds is 0. The van der Waals surface area contributed by atoms with Gasteiger partial charge in [0.2, 0.25) is 5.91 Å². The van der Waals surface area contributed by atoms with Crippen molar-refractivity contribution in [1.29, 1.82) is 0 Å². The molecule has 0 aromatic rings. The van der Waals surface area contributed by atoms with Crippen LogP contribution in [-0.2, 0) is 4.79 Å². The summed E-state index contributed by atoms with van der Waals surface area (Å²) in [7, 11) is 0. The van der Waals surface area contributed by atoms with E-state index in [1.165, 1.54) is 19.3 Å². The van der Waals surface area contributed by atoms with Crippen LogP contribution in [0.4, 0.5) is 0 Å². The van der Waals surface area contributed by atoms with E-state index in [1.54, 1.807) is 0 Å². The molecular weight excluding hydrogens is 188 g/mol. The molecule has 1 amide bonds. The Morgan fingerprint density at radius 3 is 2.47 bits per heavy atom. The summed E-state index contributed by atoms with van der Waals surface area (Å²) < 4.78 is 0. The molecular formula is C12H22N2O. The van der Waals surface area contributed by atoms with Crippen LogP contribution in [0.5, 0.6) is 0 Å². The molecule has 2 rings (SSSR count).